The minimum atomic E-state index is -4.47. The van der Waals surface area contributed by atoms with Crippen molar-refractivity contribution >= 4 is 5.91 Å². The van der Waals surface area contributed by atoms with Gasteiger partial charge in [-0.2, -0.15) is 18.3 Å². The fraction of sp³-hybridized carbons (Fsp3) is 0.579. The number of amides is 1. The van der Waals surface area contributed by atoms with Gasteiger partial charge in [0.25, 0.3) is 5.91 Å². The van der Waals surface area contributed by atoms with Crippen molar-refractivity contribution in [3.8, 4) is 0 Å². The fourth-order valence-electron chi connectivity index (χ4n) is 3.45. The second-order valence-corrected chi connectivity index (χ2v) is 6.95. The lowest BCUT2D eigenvalue weighted by Crippen LogP contribution is -2.40. The summed E-state index contributed by atoms with van der Waals surface area (Å²) in [5, 5.41) is 3.65. The van der Waals surface area contributed by atoms with Crippen LogP contribution in [0.15, 0.2) is 28.8 Å². The minimum Gasteiger partial charge on any atom is -0.455 e. The largest absolute Gasteiger partial charge is 0.455 e. The number of hydrogen-bond acceptors (Lipinski definition) is 4. The molecule has 9 heteroatoms. The van der Waals surface area contributed by atoms with Gasteiger partial charge < -0.3 is 9.32 Å². The number of likely N-dealkylation sites (tertiary alicyclic amines) is 1. The molecule has 28 heavy (non-hydrogen) atoms. The van der Waals surface area contributed by atoms with Crippen molar-refractivity contribution < 1.29 is 22.4 Å². The predicted molar refractivity (Wildman–Crippen MR) is 96.7 cm³/mol. The molecule has 1 aliphatic rings. The first-order chi connectivity index (χ1) is 13.3. The first-order valence-corrected chi connectivity index (χ1v) is 9.54. The Kier molecular flexibility index (Phi) is 6.12. The van der Waals surface area contributed by atoms with Crippen LogP contribution in [0, 0.1) is 0 Å². The summed E-state index contributed by atoms with van der Waals surface area (Å²) in [6.45, 7) is 7.39. The second kappa shape index (κ2) is 8.38. The Bertz CT molecular complexity index is 795. The fourth-order valence-corrected chi connectivity index (χ4v) is 3.45. The molecule has 2 aromatic heterocycles. The molecule has 1 fully saturated rings. The molecular formula is C19H25F3N4O2. The summed E-state index contributed by atoms with van der Waals surface area (Å²) in [6.07, 6.45) is -1.76. The number of carbonyl (C=O) groups is 1. The summed E-state index contributed by atoms with van der Waals surface area (Å²) in [5.74, 6) is 0.750. The van der Waals surface area contributed by atoms with E-state index in [1.165, 1.54) is 10.9 Å². The molecule has 1 aliphatic heterocycles. The first kappa shape index (κ1) is 20.4. The van der Waals surface area contributed by atoms with Crippen molar-refractivity contribution in [3.05, 3.63) is 41.6 Å². The number of alkyl halides is 3. The van der Waals surface area contributed by atoms with Crippen molar-refractivity contribution in [1.82, 2.24) is 19.6 Å². The van der Waals surface area contributed by atoms with E-state index in [2.05, 4.69) is 23.8 Å². The highest BCUT2D eigenvalue weighted by Gasteiger charge is 2.35. The normalized spacial score (nSPS) is 18.1. The average molecular weight is 398 g/mol. The van der Waals surface area contributed by atoms with Crippen LogP contribution in [0.2, 0.25) is 0 Å². The maximum Gasteiger partial charge on any atom is 0.435 e. The SMILES string of the molecule is CCN(CC)Cc1ccc(C(=O)N2CCCC(n3ccc(C(F)(F)F)n3)C2)o1. The number of carbonyl (C=O) groups excluding carboxylic acids is 1. The van der Waals surface area contributed by atoms with Gasteiger partial charge in [-0.15, -0.1) is 0 Å². The molecule has 0 aromatic carbocycles. The van der Waals surface area contributed by atoms with Gasteiger partial charge in [0, 0.05) is 19.3 Å². The molecule has 3 heterocycles. The maximum absolute atomic E-state index is 12.8. The molecule has 2 aromatic rings. The van der Waals surface area contributed by atoms with Gasteiger partial charge in [0.1, 0.15) is 5.76 Å². The van der Waals surface area contributed by atoms with E-state index >= 15 is 0 Å². The topological polar surface area (TPSA) is 54.5 Å². The number of nitrogens with zero attached hydrogens (tertiary/aromatic N) is 4. The third-order valence-electron chi connectivity index (χ3n) is 5.10. The van der Waals surface area contributed by atoms with Gasteiger partial charge in [-0.05, 0) is 44.1 Å². The molecule has 1 amide bonds. The standard InChI is InChI=1S/C19H25F3N4O2/c1-3-24(4-2)13-15-7-8-16(28-15)18(27)25-10-5-6-14(12-25)26-11-9-17(23-26)19(20,21)22/h7-9,11,14H,3-6,10,12-13H2,1-2H3. The highest BCUT2D eigenvalue weighted by atomic mass is 19.4. The van der Waals surface area contributed by atoms with Crippen molar-refractivity contribution in [2.24, 2.45) is 0 Å². The lowest BCUT2D eigenvalue weighted by molar-refractivity contribution is -0.141. The van der Waals surface area contributed by atoms with Gasteiger partial charge in [-0.3, -0.25) is 14.4 Å². The summed E-state index contributed by atoms with van der Waals surface area (Å²) < 4.78 is 45.4. The monoisotopic (exact) mass is 398 g/mol. The molecule has 154 valence electrons. The molecule has 0 spiro atoms. The third kappa shape index (κ3) is 4.57. The molecule has 0 aliphatic carbocycles. The third-order valence-corrected chi connectivity index (χ3v) is 5.10. The Morgan fingerprint density at radius 1 is 1.29 bits per heavy atom. The van der Waals surface area contributed by atoms with Crippen LogP contribution in [-0.2, 0) is 12.7 Å². The van der Waals surface area contributed by atoms with Crippen LogP contribution in [0.3, 0.4) is 0 Å². The van der Waals surface area contributed by atoms with E-state index in [4.69, 9.17) is 4.42 Å². The minimum absolute atomic E-state index is 0.237. The summed E-state index contributed by atoms with van der Waals surface area (Å²) in [5.41, 5.74) is -0.914. The molecule has 0 radical (unpaired) electrons. The van der Waals surface area contributed by atoms with E-state index in [1.807, 2.05) is 0 Å². The molecule has 1 atom stereocenters. The molecule has 6 nitrogen and oxygen atoms in total. The van der Waals surface area contributed by atoms with Crippen molar-refractivity contribution in [2.75, 3.05) is 26.2 Å². The lowest BCUT2D eigenvalue weighted by atomic mass is 10.1. The van der Waals surface area contributed by atoms with E-state index in [0.29, 0.717) is 32.5 Å². The summed E-state index contributed by atoms with van der Waals surface area (Å²) in [4.78, 5) is 16.6. The molecule has 0 bridgehead atoms. The summed E-state index contributed by atoms with van der Waals surface area (Å²) in [6, 6.07) is 4.16. The number of furan rings is 1. The quantitative estimate of drug-likeness (QED) is 0.743. The molecule has 1 unspecified atom stereocenters. The average Bonchev–Trinajstić information content (AvgIpc) is 3.35. The summed E-state index contributed by atoms with van der Waals surface area (Å²) in [7, 11) is 0. The van der Waals surface area contributed by atoms with E-state index in [-0.39, 0.29) is 17.7 Å². The first-order valence-electron chi connectivity index (χ1n) is 9.54. The van der Waals surface area contributed by atoms with Crippen LogP contribution >= 0.6 is 0 Å². The van der Waals surface area contributed by atoms with Gasteiger partial charge in [-0.1, -0.05) is 13.8 Å². The number of rotatable bonds is 6. The van der Waals surface area contributed by atoms with Crippen LogP contribution in [0.1, 0.15) is 54.7 Å². The van der Waals surface area contributed by atoms with Gasteiger partial charge in [0.15, 0.2) is 11.5 Å². The van der Waals surface area contributed by atoms with Gasteiger partial charge in [0.05, 0.1) is 12.6 Å². The van der Waals surface area contributed by atoms with Crippen LogP contribution in [0.25, 0.3) is 0 Å². The van der Waals surface area contributed by atoms with Gasteiger partial charge >= 0.3 is 6.18 Å². The van der Waals surface area contributed by atoms with E-state index in [0.717, 1.165) is 24.9 Å². The van der Waals surface area contributed by atoms with Crippen LogP contribution in [0.4, 0.5) is 13.2 Å². The zero-order valence-electron chi connectivity index (χ0n) is 16.1. The number of halogens is 3. The van der Waals surface area contributed by atoms with Crippen molar-refractivity contribution in [2.45, 2.75) is 45.5 Å². The Balaban J connectivity index is 1.66. The zero-order valence-corrected chi connectivity index (χ0v) is 16.1. The Labute approximate surface area is 161 Å². The van der Waals surface area contributed by atoms with E-state index in [9.17, 15) is 18.0 Å². The molecule has 3 rings (SSSR count). The lowest BCUT2D eigenvalue weighted by Gasteiger charge is -2.32. The number of aromatic nitrogens is 2. The molecular weight excluding hydrogens is 373 g/mol. The predicted octanol–water partition coefficient (Wildman–Crippen LogP) is 3.81. The van der Waals surface area contributed by atoms with Crippen LogP contribution < -0.4 is 0 Å². The Morgan fingerprint density at radius 3 is 2.68 bits per heavy atom. The van der Waals surface area contributed by atoms with Gasteiger partial charge in [0.2, 0.25) is 0 Å². The molecule has 1 saturated heterocycles. The summed E-state index contributed by atoms with van der Waals surface area (Å²) >= 11 is 0. The maximum atomic E-state index is 12.8. The Hall–Kier alpha value is -2.29. The molecule has 0 saturated carbocycles. The van der Waals surface area contributed by atoms with E-state index in [1.54, 1.807) is 17.0 Å². The molecule has 0 N–H and O–H groups in total. The number of hydrogen-bond donors (Lipinski definition) is 0. The van der Waals surface area contributed by atoms with Crippen molar-refractivity contribution in [3.63, 3.8) is 0 Å². The number of piperidine rings is 1. The van der Waals surface area contributed by atoms with Crippen molar-refractivity contribution in [1.29, 1.82) is 0 Å². The van der Waals surface area contributed by atoms with E-state index < -0.39 is 11.9 Å². The zero-order chi connectivity index (χ0) is 20.3. The highest BCUT2D eigenvalue weighted by molar-refractivity contribution is 5.91. The smallest absolute Gasteiger partial charge is 0.435 e. The van der Waals surface area contributed by atoms with Crippen LogP contribution in [-0.4, -0.2) is 51.7 Å². The second-order valence-electron chi connectivity index (χ2n) is 6.95. The van der Waals surface area contributed by atoms with Gasteiger partial charge in [-0.25, -0.2) is 0 Å². The Morgan fingerprint density at radius 2 is 2.04 bits per heavy atom. The van der Waals surface area contributed by atoms with Crippen LogP contribution in [0.5, 0.6) is 0 Å². The highest BCUT2D eigenvalue weighted by Crippen LogP contribution is 2.29.